The molecule has 0 radical (unpaired) electrons. The predicted octanol–water partition coefficient (Wildman–Crippen LogP) is 0.216. The Morgan fingerprint density at radius 3 is 2.48 bits per heavy atom. The molecule has 0 spiro atoms. The summed E-state index contributed by atoms with van der Waals surface area (Å²) in [5.41, 5.74) is 0. The van der Waals surface area contributed by atoms with Gasteiger partial charge >= 0.3 is 0 Å². The molecule has 7 nitrogen and oxygen atoms in total. The van der Waals surface area contributed by atoms with Crippen molar-refractivity contribution in [1.82, 2.24) is 20.4 Å². The van der Waals surface area contributed by atoms with Crippen LogP contribution in [0.5, 0.6) is 0 Å². The number of aliphatic imine (C=N–C) groups is 1. The van der Waals surface area contributed by atoms with Gasteiger partial charge in [-0.1, -0.05) is 13.8 Å². The fourth-order valence-electron chi connectivity index (χ4n) is 1.92. The van der Waals surface area contributed by atoms with Crippen LogP contribution in [0.15, 0.2) is 4.99 Å². The Labute approximate surface area is 157 Å². The highest BCUT2D eigenvalue weighted by Crippen LogP contribution is 1.95. The number of carbonyl (C=O) groups is 1. The highest BCUT2D eigenvalue weighted by atomic mass is 127. The Morgan fingerprint density at radius 2 is 1.91 bits per heavy atom. The summed E-state index contributed by atoms with van der Waals surface area (Å²) >= 11 is 0. The van der Waals surface area contributed by atoms with Crippen molar-refractivity contribution >= 4 is 35.8 Å². The lowest BCUT2D eigenvalue weighted by atomic mass is 10.2. The van der Waals surface area contributed by atoms with Crippen LogP contribution in [-0.2, 0) is 9.53 Å². The Kier molecular flexibility index (Phi) is 12.4. The first-order chi connectivity index (χ1) is 10.5. The lowest BCUT2D eigenvalue weighted by Gasteiger charge is -2.26. The number of hydrogen-bond donors (Lipinski definition) is 2. The molecule has 136 valence electrons. The maximum atomic E-state index is 11.6. The molecule has 1 amide bonds. The predicted molar refractivity (Wildman–Crippen MR) is 105 cm³/mol. The molecule has 1 saturated heterocycles. The minimum atomic E-state index is -0.00109. The lowest BCUT2D eigenvalue weighted by molar-refractivity contribution is -0.127. The SMILES string of the molecule is CC(C)CNC(=NCC(=O)N(C)C)NCCN1CCOCC1.I. The van der Waals surface area contributed by atoms with Crippen LogP contribution in [0.1, 0.15) is 13.8 Å². The van der Waals surface area contributed by atoms with Crippen LogP contribution in [0.2, 0.25) is 0 Å². The molecule has 1 heterocycles. The van der Waals surface area contributed by atoms with Crippen molar-refractivity contribution in [3.63, 3.8) is 0 Å². The molecule has 0 atom stereocenters. The second kappa shape index (κ2) is 12.8. The number of amides is 1. The Bertz CT molecular complexity index is 358. The van der Waals surface area contributed by atoms with E-state index in [1.807, 2.05) is 0 Å². The molecule has 2 N–H and O–H groups in total. The standard InChI is InChI=1S/C15H31N5O2.HI/c1-13(2)11-17-15(18-12-14(21)19(3)4)16-5-6-20-7-9-22-10-8-20;/h13H,5-12H2,1-4H3,(H2,16,17,18);1H. The smallest absolute Gasteiger partial charge is 0.243 e. The molecule has 1 aliphatic rings. The van der Waals surface area contributed by atoms with Gasteiger partial charge in [0, 0.05) is 46.8 Å². The van der Waals surface area contributed by atoms with Crippen LogP contribution in [0, 0.1) is 5.92 Å². The minimum absolute atomic E-state index is 0. The van der Waals surface area contributed by atoms with Crippen LogP contribution in [0.3, 0.4) is 0 Å². The molecule has 0 aromatic carbocycles. The van der Waals surface area contributed by atoms with Crippen molar-refractivity contribution in [2.45, 2.75) is 13.8 Å². The molecule has 1 aliphatic heterocycles. The maximum Gasteiger partial charge on any atom is 0.243 e. The van der Waals surface area contributed by atoms with E-state index in [1.54, 1.807) is 19.0 Å². The molecule has 0 bridgehead atoms. The third kappa shape index (κ3) is 10.7. The van der Waals surface area contributed by atoms with Gasteiger partial charge in [0.2, 0.25) is 5.91 Å². The average molecular weight is 441 g/mol. The third-order valence-corrected chi connectivity index (χ3v) is 3.37. The van der Waals surface area contributed by atoms with Gasteiger partial charge in [-0.05, 0) is 5.92 Å². The lowest BCUT2D eigenvalue weighted by Crippen LogP contribution is -2.45. The molecular formula is C15H32IN5O2. The monoisotopic (exact) mass is 441 g/mol. The quantitative estimate of drug-likeness (QED) is 0.336. The van der Waals surface area contributed by atoms with Gasteiger partial charge in [0.15, 0.2) is 5.96 Å². The first-order valence-electron chi connectivity index (χ1n) is 8.01. The largest absolute Gasteiger partial charge is 0.379 e. The zero-order chi connectivity index (χ0) is 16.4. The highest BCUT2D eigenvalue weighted by Gasteiger charge is 2.10. The van der Waals surface area contributed by atoms with E-state index in [4.69, 9.17) is 4.74 Å². The number of guanidine groups is 1. The van der Waals surface area contributed by atoms with Gasteiger partial charge in [-0.15, -0.1) is 24.0 Å². The Morgan fingerprint density at radius 1 is 1.26 bits per heavy atom. The average Bonchev–Trinajstić information content (AvgIpc) is 2.49. The normalized spacial score (nSPS) is 16.0. The fraction of sp³-hybridized carbons (Fsp3) is 0.867. The van der Waals surface area contributed by atoms with E-state index in [-0.39, 0.29) is 36.4 Å². The minimum Gasteiger partial charge on any atom is -0.379 e. The number of morpholine rings is 1. The summed E-state index contributed by atoms with van der Waals surface area (Å²) < 4.78 is 5.34. The third-order valence-electron chi connectivity index (χ3n) is 3.37. The fourth-order valence-corrected chi connectivity index (χ4v) is 1.92. The molecule has 0 saturated carbocycles. The summed E-state index contributed by atoms with van der Waals surface area (Å²) in [6.07, 6.45) is 0. The zero-order valence-electron chi connectivity index (χ0n) is 14.8. The van der Waals surface area contributed by atoms with Crippen molar-refractivity contribution in [3.05, 3.63) is 0 Å². The summed E-state index contributed by atoms with van der Waals surface area (Å²) in [6.45, 7) is 10.6. The van der Waals surface area contributed by atoms with E-state index >= 15 is 0 Å². The van der Waals surface area contributed by atoms with Crippen LogP contribution in [0.4, 0.5) is 0 Å². The van der Waals surface area contributed by atoms with Crippen molar-refractivity contribution in [2.75, 3.05) is 66.6 Å². The molecule has 0 aromatic heterocycles. The van der Waals surface area contributed by atoms with Crippen LogP contribution in [0.25, 0.3) is 0 Å². The summed E-state index contributed by atoms with van der Waals surface area (Å²) in [6, 6.07) is 0. The second-order valence-electron chi connectivity index (χ2n) is 6.11. The van der Waals surface area contributed by atoms with Gasteiger partial charge < -0.3 is 20.3 Å². The van der Waals surface area contributed by atoms with Gasteiger partial charge in [-0.2, -0.15) is 0 Å². The molecule has 0 unspecified atom stereocenters. The molecule has 8 heteroatoms. The number of halogens is 1. The number of ether oxygens (including phenoxy) is 1. The first kappa shape index (κ1) is 22.4. The molecular weight excluding hydrogens is 409 g/mol. The van der Waals surface area contributed by atoms with Crippen molar-refractivity contribution in [1.29, 1.82) is 0 Å². The number of nitrogens with one attached hydrogen (secondary N) is 2. The topological polar surface area (TPSA) is 69.2 Å². The van der Waals surface area contributed by atoms with E-state index in [1.165, 1.54) is 0 Å². The molecule has 0 aromatic rings. The second-order valence-corrected chi connectivity index (χ2v) is 6.11. The summed E-state index contributed by atoms with van der Waals surface area (Å²) in [5, 5.41) is 6.58. The molecule has 23 heavy (non-hydrogen) atoms. The number of carbonyl (C=O) groups excluding carboxylic acids is 1. The zero-order valence-corrected chi connectivity index (χ0v) is 17.1. The maximum absolute atomic E-state index is 11.6. The van der Waals surface area contributed by atoms with E-state index in [9.17, 15) is 4.79 Å². The number of likely N-dealkylation sites (N-methyl/N-ethyl adjacent to an activating group) is 1. The summed E-state index contributed by atoms with van der Waals surface area (Å²) in [7, 11) is 3.48. The van der Waals surface area contributed by atoms with Crippen molar-refractivity contribution < 1.29 is 9.53 Å². The number of hydrogen-bond acceptors (Lipinski definition) is 4. The number of nitrogens with zero attached hydrogens (tertiary/aromatic N) is 3. The van der Waals surface area contributed by atoms with E-state index < -0.39 is 0 Å². The Hall–Kier alpha value is -0.610. The van der Waals surface area contributed by atoms with E-state index in [0.717, 1.165) is 45.9 Å². The molecule has 1 rings (SSSR count). The molecule has 1 fully saturated rings. The van der Waals surface area contributed by atoms with Crippen molar-refractivity contribution in [2.24, 2.45) is 10.9 Å². The summed E-state index contributed by atoms with van der Waals surface area (Å²) in [5.74, 6) is 1.23. The van der Waals surface area contributed by atoms with Gasteiger partial charge in [0.1, 0.15) is 6.54 Å². The molecule has 0 aliphatic carbocycles. The van der Waals surface area contributed by atoms with Crippen LogP contribution in [-0.4, -0.2) is 88.2 Å². The van der Waals surface area contributed by atoms with E-state index in [0.29, 0.717) is 11.9 Å². The van der Waals surface area contributed by atoms with Crippen molar-refractivity contribution in [3.8, 4) is 0 Å². The van der Waals surface area contributed by atoms with Gasteiger partial charge in [-0.3, -0.25) is 9.69 Å². The van der Waals surface area contributed by atoms with Gasteiger partial charge in [0.05, 0.1) is 13.2 Å². The number of rotatable bonds is 7. The highest BCUT2D eigenvalue weighted by molar-refractivity contribution is 14.0. The van der Waals surface area contributed by atoms with Crippen LogP contribution >= 0.6 is 24.0 Å². The van der Waals surface area contributed by atoms with Gasteiger partial charge in [-0.25, -0.2) is 4.99 Å². The Balaban J connectivity index is 0.00000484. The summed E-state index contributed by atoms with van der Waals surface area (Å²) in [4.78, 5) is 19.9. The van der Waals surface area contributed by atoms with E-state index in [2.05, 4.69) is 34.4 Å². The van der Waals surface area contributed by atoms with Crippen LogP contribution < -0.4 is 10.6 Å². The van der Waals surface area contributed by atoms with Gasteiger partial charge in [0.25, 0.3) is 0 Å². The first-order valence-corrected chi connectivity index (χ1v) is 8.01.